The van der Waals surface area contributed by atoms with E-state index in [1.54, 1.807) is 21.1 Å². The number of urea groups is 1. The van der Waals surface area contributed by atoms with Gasteiger partial charge in [0.2, 0.25) is 5.82 Å². The quantitative estimate of drug-likeness (QED) is 0.402. The highest BCUT2D eigenvalue weighted by atomic mass is 16.6. The second-order valence-corrected chi connectivity index (χ2v) is 4.12. The lowest BCUT2D eigenvalue weighted by atomic mass is 10.3. The van der Waals surface area contributed by atoms with Crippen molar-refractivity contribution in [2.24, 2.45) is 0 Å². The number of hydrogen-bond donors (Lipinski definition) is 3. The Morgan fingerprint density at radius 3 is 2.65 bits per heavy atom. The predicted molar refractivity (Wildman–Crippen MR) is 76.0 cm³/mol. The minimum Gasteiger partial charge on any atom is -0.373 e. The average Bonchev–Trinajstić information content (AvgIpc) is 2.42. The number of nitrogens with one attached hydrogen (secondary N) is 3. The first-order valence-corrected chi connectivity index (χ1v) is 5.98. The topological polar surface area (TPSA) is 112 Å². The van der Waals surface area contributed by atoms with Crippen molar-refractivity contribution in [3.8, 4) is 0 Å². The molecule has 0 unspecified atom stereocenters. The standard InChI is InChI=1S/C11H18N6O3/c1-12-9-5-4-8(17(19)20)10(15-9)13-6-7-14-11(18)16(2)3/h4-5H,6-7H2,1-3H3,(H,14,18)(H2,12,13,15). The van der Waals surface area contributed by atoms with Crippen LogP contribution < -0.4 is 16.0 Å². The number of carbonyl (C=O) groups is 1. The number of aromatic nitrogens is 1. The first-order valence-electron chi connectivity index (χ1n) is 5.98. The van der Waals surface area contributed by atoms with E-state index >= 15 is 0 Å². The Bertz CT molecular complexity index is 491. The van der Waals surface area contributed by atoms with Crippen molar-refractivity contribution in [1.82, 2.24) is 15.2 Å². The number of carbonyl (C=O) groups excluding carboxylic acids is 1. The van der Waals surface area contributed by atoms with Gasteiger partial charge in [-0.2, -0.15) is 0 Å². The van der Waals surface area contributed by atoms with Crippen LogP contribution in [0.15, 0.2) is 12.1 Å². The van der Waals surface area contributed by atoms with Gasteiger partial charge < -0.3 is 20.9 Å². The van der Waals surface area contributed by atoms with E-state index in [-0.39, 0.29) is 17.5 Å². The van der Waals surface area contributed by atoms with E-state index in [0.29, 0.717) is 18.9 Å². The molecular weight excluding hydrogens is 264 g/mol. The first-order chi connectivity index (χ1) is 9.45. The van der Waals surface area contributed by atoms with Crippen LogP contribution in [0, 0.1) is 10.1 Å². The molecule has 0 radical (unpaired) electrons. The molecule has 1 heterocycles. The van der Waals surface area contributed by atoms with E-state index in [9.17, 15) is 14.9 Å². The molecule has 0 aliphatic heterocycles. The Morgan fingerprint density at radius 1 is 1.40 bits per heavy atom. The molecule has 9 nitrogen and oxygen atoms in total. The van der Waals surface area contributed by atoms with E-state index in [0.717, 1.165) is 0 Å². The molecule has 0 aromatic carbocycles. The van der Waals surface area contributed by atoms with Gasteiger partial charge in [-0.3, -0.25) is 10.1 Å². The summed E-state index contributed by atoms with van der Waals surface area (Å²) in [5, 5.41) is 19.2. The van der Waals surface area contributed by atoms with Crippen molar-refractivity contribution < 1.29 is 9.72 Å². The van der Waals surface area contributed by atoms with Gasteiger partial charge in [-0.1, -0.05) is 0 Å². The molecule has 0 saturated heterocycles. The molecule has 0 spiro atoms. The molecule has 3 N–H and O–H groups in total. The zero-order valence-electron chi connectivity index (χ0n) is 11.6. The summed E-state index contributed by atoms with van der Waals surface area (Å²) in [7, 11) is 4.94. The maximum atomic E-state index is 11.3. The number of nitro groups is 1. The Balaban J connectivity index is 2.62. The van der Waals surface area contributed by atoms with Crippen molar-refractivity contribution in [2.45, 2.75) is 0 Å². The number of rotatable bonds is 6. The third-order valence-corrected chi connectivity index (χ3v) is 2.43. The van der Waals surface area contributed by atoms with Gasteiger partial charge in [0.15, 0.2) is 0 Å². The van der Waals surface area contributed by atoms with Crippen LogP contribution in [0.4, 0.5) is 22.1 Å². The van der Waals surface area contributed by atoms with Gasteiger partial charge in [-0.05, 0) is 6.07 Å². The average molecular weight is 282 g/mol. The molecule has 0 fully saturated rings. The van der Waals surface area contributed by atoms with E-state index in [1.807, 2.05) is 0 Å². The SMILES string of the molecule is CNc1ccc([N+](=O)[O-])c(NCCNC(=O)N(C)C)n1. The molecule has 0 bridgehead atoms. The van der Waals surface area contributed by atoms with Crippen LogP contribution in [-0.2, 0) is 0 Å². The zero-order chi connectivity index (χ0) is 15.1. The van der Waals surface area contributed by atoms with E-state index < -0.39 is 4.92 Å². The van der Waals surface area contributed by atoms with Crippen LogP contribution in [0.5, 0.6) is 0 Å². The first kappa shape index (κ1) is 15.5. The van der Waals surface area contributed by atoms with Gasteiger partial charge in [0.1, 0.15) is 5.82 Å². The van der Waals surface area contributed by atoms with Gasteiger partial charge in [-0.25, -0.2) is 9.78 Å². The van der Waals surface area contributed by atoms with Gasteiger partial charge in [0.25, 0.3) is 0 Å². The fourth-order valence-electron chi connectivity index (χ4n) is 1.38. The minimum atomic E-state index is -0.507. The molecule has 20 heavy (non-hydrogen) atoms. The summed E-state index contributed by atoms with van der Waals surface area (Å²) < 4.78 is 0. The molecule has 0 saturated carbocycles. The molecule has 0 aliphatic carbocycles. The molecule has 0 atom stereocenters. The molecule has 0 aliphatic rings. The van der Waals surface area contributed by atoms with Crippen LogP contribution in [0.2, 0.25) is 0 Å². The Morgan fingerprint density at radius 2 is 2.10 bits per heavy atom. The summed E-state index contributed by atoms with van der Waals surface area (Å²) in [6.45, 7) is 0.667. The van der Waals surface area contributed by atoms with Crippen LogP contribution >= 0.6 is 0 Å². The minimum absolute atomic E-state index is 0.108. The second-order valence-electron chi connectivity index (χ2n) is 4.12. The summed E-state index contributed by atoms with van der Waals surface area (Å²) in [4.78, 5) is 27.1. The molecule has 1 rings (SSSR count). The maximum Gasteiger partial charge on any atom is 0.316 e. The van der Waals surface area contributed by atoms with Crippen molar-refractivity contribution in [2.75, 3.05) is 44.9 Å². The smallest absolute Gasteiger partial charge is 0.316 e. The molecular formula is C11H18N6O3. The van der Waals surface area contributed by atoms with Crippen LogP contribution in [-0.4, -0.2) is 55.1 Å². The largest absolute Gasteiger partial charge is 0.373 e. The van der Waals surface area contributed by atoms with Crippen LogP contribution in [0.25, 0.3) is 0 Å². The summed E-state index contributed by atoms with van der Waals surface area (Å²) in [6.07, 6.45) is 0. The van der Waals surface area contributed by atoms with Crippen molar-refractivity contribution >= 4 is 23.4 Å². The second kappa shape index (κ2) is 7.12. The number of nitrogens with zero attached hydrogens (tertiary/aromatic N) is 3. The number of amides is 2. The Labute approximate surface area is 116 Å². The highest BCUT2D eigenvalue weighted by Gasteiger charge is 2.15. The van der Waals surface area contributed by atoms with Gasteiger partial charge in [0, 0.05) is 40.3 Å². The predicted octanol–water partition coefficient (Wildman–Crippen LogP) is 0.715. The van der Waals surface area contributed by atoms with Gasteiger partial charge >= 0.3 is 11.7 Å². The fraction of sp³-hybridized carbons (Fsp3) is 0.455. The third kappa shape index (κ3) is 4.26. The van der Waals surface area contributed by atoms with Crippen molar-refractivity contribution in [3.05, 3.63) is 22.2 Å². The number of anilines is 2. The van der Waals surface area contributed by atoms with Crippen LogP contribution in [0.1, 0.15) is 0 Å². The molecule has 2 amide bonds. The number of pyridine rings is 1. The lowest BCUT2D eigenvalue weighted by molar-refractivity contribution is -0.384. The summed E-state index contributed by atoms with van der Waals surface area (Å²) >= 11 is 0. The zero-order valence-corrected chi connectivity index (χ0v) is 11.6. The summed E-state index contributed by atoms with van der Waals surface area (Å²) in [5.74, 6) is 0.691. The molecule has 1 aromatic heterocycles. The lowest BCUT2D eigenvalue weighted by Gasteiger charge is -2.12. The third-order valence-electron chi connectivity index (χ3n) is 2.43. The monoisotopic (exact) mass is 282 g/mol. The maximum absolute atomic E-state index is 11.3. The van der Waals surface area contributed by atoms with E-state index in [4.69, 9.17) is 0 Å². The van der Waals surface area contributed by atoms with Crippen molar-refractivity contribution in [1.29, 1.82) is 0 Å². The summed E-state index contributed by atoms with van der Waals surface area (Å²) in [5.41, 5.74) is -0.108. The summed E-state index contributed by atoms with van der Waals surface area (Å²) in [6, 6.07) is 2.68. The molecule has 1 aromatic rings. The molecule has 110 valence electrons. The normalized spacial score (nSPS) is 9.75. The van der Waals surface area contributed by atoms with Crippen LogP contribution in [0.3, 0.4) is 0 Å². The van der Waals surface area contributed by atoms with E-state index in [1.165, 1.54) is 17.0 Å². The van der Waals surface area contributed by atoms with Gasteiger partial charge in [0.05, 0.1) is 4.92 Å². The van der Waals surface area contributed by atoms with Crippen molar-refractivity contribution in [3.63, 3.8) is 0 Å². The Hall–Kier alpha value is -2.58. The fourth-order valence-corrected chi connectivity index (χ4v) is 1.38. The van der Waals surface area contributed by atoms with Gasteiger partial charge in [-0.15, -0.1) is 0 Å². The highest BCUT2D eigenvalue weighted by molar-refractivity contribution is 5.73. The Kier molecular flexibility index (Phi) is 5.51. The highest BCUT2D eigenvalue weighted by Crippen LogP contribution is 2.23. The van der Waals surface area contributed by atoms with E-state index in [2.05, 4.69) is 20.9 Å². The number of hydrogen-bond acceptors (Lipinski definition) is 6. The molecule has 9 heteroatoms. The lowest BCUT2D eigenvalue weighted by Crippen LogP contribution is -2.37.